The van der Waals surface area contributed by atoms with E-state index in [-0.39, 0.29) is 0 Å². The third-order valence-corrected chi connectivity index (χ3v) is 11.4. The highest BCUT2D eigenvalue weighted by molar-refractivity contribution is 9.10. The minimum absolute atomic E-state index is 0.456. The van der Waals surface area contributed by atoms with E-state index in [1.165, 1.54) is 30.8 Å². The molecule has 5 aromatic rings. The number of nitrogens with one attached hydrogen (secondary N) is 2. The van der Waals surface area contributed by atoms with Crippen LogP contribution in [0.3, 0.4) is 0 Å². The molecular weight excluding hydrogens is 675 g/mol. The number of halogens is 1. The summed E-state index contributed by atoms with van der Waals surface area (Å²) in [5.74, 6) is 2.76. The van der Waals surface area contributed by atoms with Crippen LogP contribution in [-0.2, 0) is 13.5 Å². The number of anilines is 5. The van der Waals surface area contributed by atoms with E-state index in [2.05, 4.69) is 87.9 Å². The van der Waals surface area contributed by atoms with Gasteiger partial charge >= 0.3 is 0 Å². The van der Waals surface area contributed by atoms with Gasteiger partial charge in [0.05, 0.1) is 40.5 Å². The molecule has 0 spiro atoms. The molecule has 8 rings (SSSR count). The number of nitrogens with zero attached hydrogens (tertiary/aromatic N) is 8. The third kappa shape index (κ3) is 5.81. The summed E-state index contributed by atoms with van der Waals surface area (Å²) in [7, 11) is 3.28. The molecule has 2 aliphatic heterocycles. The average molecular weight is 714 g/mol. The van der Waals surface area contributed by atoms with Crippen LogP contribution in [0.1, 0.15) is 18.5 Å². The molecule has 2 aromatic carbocycles. The zero-order valence-corrected chi connectivity index (χ0v) is 29.5. The van der Waals surface area contributed by atoms with E-state index >= 15 is 0 Å². The van der Waals surface area contributed by atoms with E-state index in [4.69, 9.17) is 9.72 Å². The molecule has 2 N–H and O–H groups in total. The fraction of sp³-hybridized carbons (Fsp3) is 0.382. The highest BCUT2D eigenvalue weighted by atomic mass is 79.9. The SMILES string of the molecule is COc1cc2c(cc1Nc1ncc(Br)c(Nc3ccc4nccnc4c3P(C)C)n1)-c1cnn(C)c1CCN2C1CN(CC2CC2)C1. The maximum Gasteiger partial charge on any atom is 0.229 e. The number of hydrogen-bond acceptors (Lipinski definition) is 10. The third-order valence-electron chi connectivity index (χ3n) is 9.47. The Balaban J connectivity index is 1.12. The molecule has 0 unspecified atom stereocenters. The van der Waals surface area contributed by atoms with Gasteiger partial charge < -0.3 is 20.3 Å². The molecule has 0 atom stereocenters. The van der Waals surface area contributed by atoms with Gasteiger partial charge in [0.2, 0.25) is 5.95 Å². The Kier molecular flexibility index (Phi) is 7.98. The predicted molar refractivity (Wildman–Crippen MR) is 193 cm³/mol. The molecule has 242 valence electrons. The summed E-state index contributed by atoms with van der Waals surface area (Å²) in [6, 6.07) is 8.88. The second kappa shape index (κ2) is 12.3. The van der Waals surface area contributed by atoms with E-state index in [0.717, 1.165) is 81.0 Å². The normalized spacial score (nSPS) is 16.5. The van der Waals surface area contributed by atoms with Crippen molar-refractivity contribution in [2.75, 3.05) is 62.2 Å². The fourth-order valence-corrected chi connectivity index (χ4v) is 8.39. The highest BCUT2D eigenvalue weighted by Gasteiger charge is 2.37. The highest BCUT2D eigenvalue weighted by Crippen LogP contribution is 2.45. The minimum Gasteiger partial charge on any atom is -0.494 e. The smallest absolute Gasteiger partial charge is 0.229 e. The average Bonchev–Trinajstić information content (AvgIpc) is 3.82. The van der Waals surface area contributed by atoms with Crippen molar-refractivity contribution in [1.29, 1.82) is 0 Å². The van der Waals surface area contributed by atoms with Gasteiger partial charge in [-0.25, -0.2) is 4.98 Å². The van der Waals surface area contributed by atoms with Crippen LogP contribution in [0, 0.1) is 5.92 Å². The maximum absolute atomic E-state index is 6.00. The standard InChI is InChI=1S/C34H38BrN10OP/c1-43-28-9-12-45(21-18-44(19-21)17-20-5-6-20)29-14-30(46-2)27(13-22(29)23(28)15-39-43)41-34-38-16-24(35)33(42-34)40-26-8-7-25-31(32(26)47(3)4)37-11-10-36-25/h7-8,10-11,13-16,20-21H,5-6,9,12,17-19H2,1-4H3,(H2,38,40,41,42). The second-order valence-corrected chi connectivity index (χ2v) is 16.0. The van der Waals surface area contributed by atoms with Crippen molar-refractivity contribution in [1.82, 2.24) is 34.6 Å². The lowest BCUT2D eigenvalue weighted by atomic mass is 10.0. The van der Waals surface area contributed by atoms with Gasteiger partial charge in [-0.2, -0.15) is 10.1 Å². The molecule has 1 saturated carbocycles. The number of ether oxygens (including phenoxy) is 1. The maximum atomic E-state index is 6.00. The quantitative estimate of drug-likeness (QED) is 0.179. The van der Waals surface area contributed by atoms with E-state index in [9.17, 15) is 0 Å². The Morgan fingerprint density at radius 1 is 1.00 bits per heavy atom. The molecule has 5 heterocycles. The molecule has 3 aromatic heterocycles. The van der Waals surface area contributed by atoms with Crippen LogP contribution >= 0.6 is 23.9 Å². The fourth-order valence-electron chi connectivity index (χ4n) is 6.89. The number of fused-ring (bicyclic) bond motifs is 4. The molecule has 1 aliphatic carbocycles. The Morgan fingerprint density at radius 3 is 2.62 bits per heavy atom. The monoisotopic (exact) mass is 712 g/mol. The van der Waals surface area contributed by atoms with Gasteiger partial charge in [-0.3, -0.25) is 19.5 Å². The zero-order chi connectivity index (χ0) is 32.2. The Bertz CT molecular complexity index is 1970. The summed E-state index contributed by atoms with van der Waals surface area (Å²) >= 11 is 3.66. The van der Waals surface area contributed by atoms with Crippen molar-refractivity contribution < 1.29 is 4.74 Å². The number of hydrogen-bond donors (Lipinski definition) is 2. The number of aromatic nitrogens is 6. The molecule has 0 radical (unpaired) electrons. The van der Waals surface area contributed by atoms with Crippen LogP contribution in [0.15, 0.2) is 53.5 Å². The van der Waals surface area contributed by atoms with Gasteiger partial charge in [0.1, 0.15) is 11.6 Å². The molecule has 2 fully saturated rings. The largest absolute Gasteiger partial charge is 0.494 e. The van der Waals surface area contributed by atoms with Gasteiger partial charge in [0.25, 0.3) is 0 Å². The van der Waals surface area contributed by atoms with Crippen LogP contribution in [-0.4, -0.2) is 87.3 Å². The van der Waals surface area contributed by atoms with Crippen molar-refractivity contribution >= 4 is 69.0 Å². The molecular formula is C34H38BrN10OP. The van der Waals surface area contributed by atoms with Gasteiger partial charge in [0.15, 0.2) is 0 Å². The summed E-state index contributed by atoms with van der Waals surface area (Å²) in [6.45, 7) is 8.85. The van der Waals surface area contributed by atoms with Crippen LogP contribution in [0.2, 0.25) is 0 Å². The van der Waals surface area contributed by atoms with Gasteiger partial charge in [-0.1, -0.05) is 7.92 Å². The molecule has 3 aliphatic rings. The number of aryl methyl sites for hydroxylation is 1. The first-order chi connectivity index (χ1) is 22.9. The lowest BCUT2D eigenvalue weighted by molar-refractivity contribution is 0.138. The molecule has 1 saturated heterocycles. The van der Waals surface area contributed by atoms with Crippen LogP contribution in [0.25, 0.3) is 22.2 Å². The van der Waals surface area contributed by atoms with E-state index in [0.29, 0.717) is 17.8 Å². The number of likely N-dealkylation sites (tertiary alicyclic amines) is 1. The Morgan fingerprint density at radius 2 is 1.83 bits per heavy atom. The number of rotatable bonds is 9. The van der Waals surface area contributed by atoms with Crippen LogP contribution < -0.4 is 25.6 Å². The molecule has 0 amide bonds. The second-order valence-electron chi connectivity index (χ2n) is 12.9. The van der Waals surface area contributed by atoms with E-state index < -0.39 is 7.92 Å². The first kappa shape index (κ1) is 30.5. The summed E-state index contributed by atoms with van der Waals surface area (Å²) in [6.07, 6.45) is 11.0. The van der Waals surface area contributed by atoms with Gasteiger partial charge in [-0.15, -0.1) is 0 Å². The number of benzene rings is 2. The molecule has 47 heavy (non-hydrogen) atoms. The first-order valence-corrected chi connectivity index (χ1v) is 19.1. The Hall–Kier alpha value is -3.86. The first-order valence-electron chi connectivity index (χ1n) is 16.1. The summed E-state index contributed by atoms with van der Waals surface area (Å²) < 4.78 is 8.77. The minimum atomic E-state index is -0.482. The van der Waals surface area contributed by atoms with Crippen molar-refractivity contribution in [3.8, 4) is 16.9 Å². The summed E-state index contributed by atoms with van der Waals surface area (Å²) in [5.41, 5.74) is 8.29. The van der Waals surface area contributed by atoms with Gasteiger partial charge in [-0.05, 0) is 66.2 Å². The topological polar surface area (TPSA) is 109 Å². The van der Waals surface area contributed by atoms with Crippen LogP contribution in [0.4, 0.5) is 28.8 Å². The van der Waals surface area contributed by atoms with Crippen LogP contribution in [0.5, 0.6) is 5.75 Å². The molecule has 11 nitrogen and oxygen atoms in total. The van der Waals surface area contributed by atoms with E-state index in [1.807, 2.05) is 24.0 Å². The van der Waals surface area contributed by atoms with Crippen molar-refractivity contribution in [3.05, 3.63) is 59.2 Å². The van der Waals surface area contributed by atoms with Crippen molar-refractivity contribution in [2.24, 2.45) is 13.0 Å². The molecule has 0 bridgehead atoms. The van der Waals surface area contributed by atoms with Crippen molar-refractivity contribution in [3.63, 3.8) is 0 Å². The predicted octanol–water partition coefficient (Wildman–Crippen LogP) is 5.90. The van der Waals surface area contributed by atoms with Crippen molar-refractivity contribution in [2.45, 2.75) is 25.3 Å². The lowest BCUT2D eigenvalue weighted by Gasteiger charge is -2.47. The molecule has 13 heteroatoms. The lowest BCUT2D eigenvalue weighted by Crippen LogP contribution is -2.60. The Labute approximate surface area is 284 Å². The van der Waals surface area contributed by atoms with Gasteiger partial charge in [0, 0.05) is 97.8 Å². The summed E-state index contributed by atoms with van der Waals surface area (Å²) in [5, 5.41) is 12.8. The van der Waals surface area contributed by atoms with E-state index in [1.54, 1.807) is 25.7 Å². The summed E-state index contributed by atoms with van der Waals surface area (Å²) in [4.78, 5) is 23.9. The zero-order valence-electron chi connectivity index (χ0n) is 27.0. The number of methoxy groups -OCH3 is 1.